The maximum atomic E-state index is 11.7. The molecule has 0 spiro atoms. The molecule has 0 heterocycles. The van der Waals surface area contributed by atoms with Crippen molar-refractivity contribution < 1.29 is 23.1 Å². The molecular weight excluding hydrogens is 260 g/mol. The predicted octanol–water partition coefficient (Wildman–Crippen LogP) is -1.74. The van der Waals surface area contributed by atoms with Gasteiger partial charge >= 0.3 is 0 Å². The highest BCUT2D eigenvalue weighted by atomic mass is 32.2. The lowest BCUT2D eigenvalue weighted by Gasteiger charge is -2.19. The Kier molecular flexibility index (Phi) is 8.08. The van der Waals surface area contributed by atoms with Crippen molar-refractivity contribution in [3.05, 3.63) is 0 Å². The van der Waals surface area contributed by atoms with Crippen molar-refractivity contribution in [2.45, 2.75) is 24.9 Å². The number of nitrogens with two attached hydrogens (primary N) is 1. The number of hydrogen-bond acceptors (Lipinski definition) is 6. The molecule has 108 valence electrons. The summed E-state index contributed by atoms with van der Waals surface area (Å²) in [7, 11) is -1.64. The molecule has 4 N–H and O–H groups in total. The van der Waals surface area contributed by atoms with Gasteiger partial charge in [0.2, 0.25) is 5.91 Å². The van der Waals surface area contributed by atoms with Crippen LogP contribution in [0.5, 0.6) is 0 Å². The van der Waals surface area contributed by atoms with Crippen LogP contribution in [0.15, 0.2) is 0 Å². The topological polar surface area (TPSA) is 119 Å². The zero-order chi connectivity index (χ0) is 14.2. The lowest BCUT2D eigenvalue weighted by Crippen LogP contribution is -2.47. The largest absolute Gasteiger partial charge is 0.396 e. The predicted molar refractivity (Wildman–Crippen MR) is 67.8 cm³/mol. The van der Waals surface area contributed by atoms with Gasteiger partial charge in [0.05, 0.1) is 24.4 Å². The Morgan fingerprint density at radius 2 is 2.06 bits per heavy atom. The maximum absolute atomic E-state index is 11.7. The van der Waals surface area contributed by atoms with Gasteiger partial charge in [-0.05, 0) is 12.8 Å². The minimum absolute atomic E-state index is 0.0729. The van der Waals surface area contributed by atoms with Crippen LogP contribution in [0.2, 0.25) is 0 Å². The molecule has 0 fully saturated rings. The van der Waals surface area contributed by atoms with Crippen LogP contribution < -0.4 is 11.1 Å². The zero-order valence-corrected chi connectivity index (χ0v) is 11.6. The van der Waals surface area contributed by atoms with Gasteiger partial charge in [-0.15, -0.1) is 0 Å². The lowest BCUT2D eigenvalue weighted by molar-refractivity contribution is -0.123. The van der Waals surface area contributed by atoms with E-state index in [0.717, 1.165) is 6.26 Å². The number of amides is 1. The highest BCUT2D eigenvalue weighted by molar-refractivity contribution is 7.90. The fourth-order valence-electron chi connectivity index (χ4n) is 1.33. The molecular formula is C10H22N2O5S. The van der Waals surface area contributed by atoms with Crippen LogP contribution in [-0.4, -0.2) is 63.8 Å². The number of sulfone groups is 1. The number of rotatable bonds is 9. The maximum Gasteiger partial charge on any atom is 0.237 e. The molecule has 0 rings (SSSR count). The second-order valence-corrected chi connectivity index (χ2v) is 6.46. The summed E-state index contributed by atoms with van der Waals surface area (Å²) in [6.45, 7) is 0.192. The van der Waals surface area contributed by atoms with E-state index in [9.17, 15) is 13.2 Å². The molecule has 7 nitrogen and oxygen atoms in total. The van der Waals surface area contributed by atoms with E-state index in [0.29, 0.717) is 6.42 Å². The summed E-state index contributed by atoms with van der Waals surface area (Å²) in [6.07, 6.45) is 1.53. The summed E-state index contributed by atoms with van der Waals surface area (Å²) < 4.78 is 26.8. The average molecular weight is 282 g/mol. The van der Waals surface area contributed by atoms with E-state index in [4.69, 9.17) is 15.6 Å². The highest BCUT2D eigenvalue weighted by Crippen LogP contribution is 1.97. The fraction of sp³-hybridized carbons (Fsp3) is 0.900. The molecule has 0 aliphatic carbocycles. The molecule has 0 aliphatic rings. The van der Waals surface area contributed by atoms with Crippen molar-refractivity contribution in [2.75, 3.05) is 32.3 Å². The second-order valence-electron chi connectivity index (χ2n) is 4.20. The Morgan fingerprint density at radius 1 is 1.44 bits per heavy atom. The van der Waals surface area contributed by atoms with Gasteiger partial charge in [-0.2, -0.15) is 0 Å². The smallest absolute Gasteiger partial charge is 0.237 e. The number of hydrogen-bond donors (Lipinski definition) is 3. The normalized spacial score (nSPS) is 15.1. The first-order valence-electron chi connectivity index (χ1n) is 5.63. The summed E-state index contributed by atoms with van der Waals surface area (Å²) in [4.78, 5) is 11.7. The molecule has 0 aromatic rings. The van der Waals surface area contributed by atoms with E-state index in [1.54, 1.807) is 0 Å². The minimum Gasteiger partial charge on any atom is -0.396 e. The molecule has 2 atom stereocenters. The standard InChI is InChI=1S/C10H22N2O5S/c1-17-7-8(3-5-13)12-10(14)9(11)4-6-18(2,15)16/h8-9,13H,3-7,11H2,1-2H3,(H,12,14). The van der Waals surface area contributed by atoms with Gasteiger partial charge in [0.1, 0.15) is 9.84 Å². The molecule has 0 aliphatic heterocycles. The van der Waals surface area contributed by atoms with Crippen molar-refractivity contribution in [2.24, 2.45) is 5.73 Å². The third-order valence-electron chi connectivity index (χ3n) is 2.33. The van der Waals surface area contributed by atoms with E-state index < -0.39 is 21.8 Å². The van der Waals surface area contributed by atoms with E-state index in [2.05, 4.69) is 5.32 Å². The number of carbonyl (C=O) groups is 1. The third kappa shape index (κ3) is 8.40. The first-order chi connectivity index (χ1) is 8.30. The van der Waals surface area contributed by atoms with Gasteiger partial charge in [-0.25, -0.2) is 8.42 Å². The molecule has 2 unspecified atom stereocenters. The Morgan fingerprint density at radius 3 is 2.50 bits per heavy atom. The molecule has 0 bridgehead atoms. The first-order valence-corrected chi connectivity index (χ1v) is 7.69. The molecule has 0 aromatic carbocycles. The number of aliphatic hydroxyl groups is 1. The Labute approximate surface area is 108 Å². The van der Waals surface area contributed by atoms with Crippen LogP contribution in [0.25, 0.3) is 0 Å². The Hall–Kier alpha value is -0.700. The number of methoxy groups -OCH3 is 1. The lowest BCUT2D eigenvalue weighted by atomic mass is 10.2. The summed E-state index contributed by atoms with van der Waals surface area (Å²) in [5, 5.41) is 11.4. The number of nitrogens with one attached hydrogen (secondary N) is 1. The summed E-state index contributed by atoms with van der Waals surface area (Å²) in [6, 6.07) is -1.20. The summed E-state index contributed by atoms with van der Waals surface area (Å²) in [5.41, 5.74) is 5.59. The van der Waals surface area contributed by atoms with Gasteiger partial charge in [0, 0.05) is 20.0 Å². The van der Waals surface area contributed by atoms with Gasteiger partial charge in [0.15, 0.2) is 0 Å². The zero-order valence-electron chi connectivity index (χ0n) is 10.8. The van der Waals surface area contributed by atoms with Crippen molar-refractivity contribution in [3.8, 4) is 0 Å². The summed E-state index contributed by atoms with van der Waals surface area (Å²) >= 11 is 0. The van der Waals surface area contributed by atoms with Crippen LogP contribution in [0.3, 0.4) is 0 Å². The number of ether oxygens (including phenoxy) is 1. The van der Waals surface area contributed by atoms with E-state index in [-0.39, 0.29) is 31.4 Å². The SMILES string of the molecule is COCC(CCO)NC(=O)C(N)CCS(C)(=O)=O. The van der Waals surface area contributed by atoms with Gasteiger partial charge in [-0.1, -0.05) is 0 Å². The first kappa shape index (κ1) is 17.3. The Balaban J connectivity index is 4.19. The Bertz CT molecular complexity index is 338. The van der Waals surface area contributed by atoms with Crippen LogP contribution in [0, 0.1) is 0 Å². The summed E-state index contributed by atoms with van der Waals surface area (Å²) in [5.74, 6) is -0.564. The monoisotopic (exact) mass is 282 g/mol. The molecule has 0 saturated carbocycles. The second kappa shape index (κ2) is 8.41. The van der Waals surface area contributed by atoms with Gasteiger partial charge < -0.3 is 20.9 Å². The third-order valence-corrected chi connectivity index (χ3v) is 3.31. The molecule has 0 aromatic heterocycles. The number of aliphatic hydroxyl groups excluding tert-OH is 1. The molecule has 0 radical (unpaired) electrons. The molecule has 0 saturated heterocycles. The average Bonchev–Trinajstić information content (AvgIpc) is 2.25. The quantitative estimate of drug-likeness (QED) is 0.462. The van der Waals surface area contributed by atoms with Crippen molar-refractivity contribution in [1.29, 1.82) is 0 Å². The van der Waals surface area contributed by atoms with E-state index >= 15 is 0 Å². The van der Waals surface area contributed by atoms with Crippen molar-refractivity contribution in [1.82, 2.24) is 5.32 Å². The molecule has 18 heavy (non-hydrogen) atoms. The van der Waals surface area contributed by atoms with Crippen LogP contribution in [-0.2, 0) is 19.4 Å². The minimum atomic E-state index is -3.13. The van der Waals surface area contributed by atoms with Crippen LogP contribution in [0.4, 0.5) is 0 Å². The van der Waals surface area contributed by atoms with Crippen LogP contribution in [0.1, 0.15) is 12.8 Å². The van der Waals surface area contributed by atoms with Crippen LogP contribution >= 0.6 is 0 Å². The van der Waals surface area contributed by atoms with Crippen molar-refractivity contribution in [3.63, 3.8) is 0 Å². The van der Waals surface area contributed by atoms with E-state index in [1.807, 2.05) is 0 Å². The fourth-order valence-corrected chi connectivity index (χ4v) is 2.02. The number of carbonyl (C=O) groups excluding carboxylic acids is 1. The van der Waals surface area contributed by atoms with Gasteiger partial charge in [-0.3, -0.25) is 4.79 Å². The molecule has 8 heteroatoms. The van der Waals surface area contributed by atoms with E-state index in [1.165, 1.54) is 7.11 Å². The van der Waals surface area contributed by atoms with Gasteiger partial charge in [0.25, 0.3) is 0 Å². The highest BCUT2D eigenvalue weighted by Gasteiger charge is 2.19. The van der Waals surface area contributed by atoms with Crippen molar-refractivity contribution >= 4 is 15.7 Å². The molecule has 1 amide bonds.